The Kier molecular flexibility index (Phi) is 7.24. The number of aryl methyl sites for hydroxylation is 5. The highest BCUT2D eigenvalue weighted by molar-refractivity contribution is 6.11. The summed E-state index contributed by atoms with van der Waals surface area (Å²) in [7, 11) is 3.27. The van der Waals surface area contributed by atoms with Crippen LogP contribution < -0.4 is 21.8 Å². The second-order valence-electron chi connectivity index (χ2n) is 10.4. The molecular formula is C31H29N9O5. The number of carbonyl (C=O) groups is 2. The van der Waals surface area contributed by atoms with Gasteiger partial charge in [0.2, 0.25) is 0 Å². The number of hydrogen-bond acceptors (Lipinski definition) is 8. The van der Waals surface area contributed by atoms with E-state index in [4.69, 9.17) is 4.52 Å². The van der Waals surface area contributed by atoms with Crippen molar-refractivity contribution in [2.45, 2.75) is 27.3 Å². The SMILES string of the molecule is CCn1c2c(C(=O)Nc3cccc(C(=O)Nc4ccn(C)n4)c3)nc(C)cc2c(=O)n1-c1ccc(-c2c(C)on(C)c2=O)cn1. The summed E-state index contributed by atoms with van der Waals surface area (Å²) in [5.41, 5.74) is 1.80. The predicted molar refractivity (Wildman–Crippen MR) is 167 cm³/mol. The third kappa shape index (κ3) is 5.22. The summed E-state index contributed by atoms with van der Waals surface area (Å²) in [4.78, 5) is 61.7. The lowest BCUT2D eigenvalue weighted by Crippen LogP contribution is -2.22. The molecular weight excluding hydrogens is 578 g/mol. The smallest absolute Gasteiger partial charge is 0.290 e. The number of hydrogen-bond donors (Lipinski definition) is 2. The molecule has 6 aromatic rings. The van der Waals surface area contributed by atoms with E-state index in [1.54, 1.807) is 85.0 Å². The Bertz CT molecular complexity index is 2230. The maximum Gasteiger partial charge on any atom is 0.290 e. The van der Waals surface area contributed by atoms with E-state index in [-0.39, 0.29) is 22.7 Å². The van der Waals surface area contributed by atoms with Crippen molar-refractivity contribution in [3.05, 3.63) is 104 Å². The van der Waals surface area contributed by atoms with Crippen molar-refractivity contribution in [1.82, 2.24) is 33.9 Å². The lowest BCUT2D eigenvalue weighted by molar-refractivity contribution is 0.101. The molecule has 5 aromatic heterocycles. The third-order valence-electron chi connectivity index (χ3n) is 7.27. The van der Waals surface area contributed by atoms with Crippen LogP contribution in [0.1, 0.15) is 39.2 Å². The molecule has 0 unspecified atom stereocenters. The van der Waals surface area contributed by atoms with Gasteiger partial charge in [0.25, 0.3) is 22.9 Å². The molecule has 0 atom stereocenters. The number of pyridine rings is 2. The van der Waals surface area contributed by atoms with Gasteiger partial charge in [-0.05, 0) is 57.2 Å². The molecule has 45 heavy (non-hydrogen) atoms. The molecule has 0 saturated carbocycles. The molecule has 0 saturated heterocycles. The quantitative estimate of drug-likeness (QED) is 0.279. The van der Waals surface area contributed by atoms with Crippen molar-refractivity contribution in [2.24, 2.45) is 14.1 Å². The zero-order valence-electron chi connectivity index (χ0n) is 25.2. The van der Waals surface area contributed by atoms with Gasteiger partial charge in [-0.15, -0.1) is 0 Å². The van der Waals surface area contributed by atoms with Gasteiger partial charge in [-0.25, -0.2) is 9.97 Å². The standard InChI is InChI=1S/C31H29N9O5/c1-6-39-27-22(30(43)40(39)24-11-10-20(16-32-24)25-18(3)45-38(5)31(25)44)14-17(2)33-26(27)29(42)34-21-9-7-8-19(15-21)28(41)35-23-12-13-37(4)36-23/h7-16H,6H2,1-5H3,(H,34,42)(H,35,36,41). The normalized spacial score (nSPS) is 11.2. The maximum atomic E-state index is 13.8. The van der Waals surface area contributed by atoms with E-state index < -0.39 is 5.91 Å². The highest BCUT2D eigenvalue weighted by atomic mass is 16.5. The fourth-order valence-electron chi connectivity index (χ4n) is 5.29. The average Bonchev–Trinajstić information content (AvgIpc) is 3.64. The summed E-state index contributed by atoms with van der Waals surface area (Å²) in [5.74, 6) is 0.207. The first-order chi connectivity index (χ1) is 21.5. The summed E-state index contributed by atoms with van der Waals surface area (Å²) in [6.07, 6.45) is 3.22. The predicted octanol–water partition coefficient (Wildman–Crippen LogP) is 3.42. The van der Waals surface area contributed by atoms with Gasteiger partial charge in [-0.3, -0.25) is 28.5 Å². The first-order valence-corrected chi connectivity index (χ1v) is 14.0. The van der Waals surface area contributed by atoms with Gasteiger partial charge in [0.15, 0.2) is 17.3 Å². The first kappa shape index (κ1) is 29.0. The zero-order valence-corrected chi connectivity index (χ0v) is 25.2. The van der Waals surface area contributed by atoms with Crippen LogP contribution in [0.15, 0.2) is 75.0 Å². The minimum atomic E-state index is -0.556. The molecule has 14 nitrogen and oxygen atoms in total. The fourth-order valence-corrected chi connectivity index (χ4v) is 5.29. The van der Waals surface area contributed by atoms with Gasteiger partial charge in [0.05, 0.1) is 10.9 Å². The summed E-state index contributed by atoms with van der Waals surface area (Å²) in [6.45, 7) is 5.55. The van der Waals surface area contributed by atoms with Gasteiger partial charge in [-0.2, -0.15) is 14.5 Å². The second-order valence-corrected chi connectivity index (χ2v) is 10.4. The van der Waals surface area contributed by atoms with Crippen molar-refractivity contribution >= 4 is 34.2 Å². The molecule has 1 aromatic carbocycles. The van der Waals surface area contributed by atoms with E-state index in [2.05, 4.69) is 25.7 Å². The molecule has 0 spiro atoms. The monoisotopic (exact) mass is 607 g/mol. The van der Waals surface area contributed by atoms with E-state index >= 15 is 0 Å². The van der Waals surface area contributed by atoms with Crippen molar-refractivity contribution in [1.29, 1.82) is 0 Å². The molecule has 5 heterocycles. The number of rotatable bonds is 7. The van der Waals surface area contributed by atoms with Crippen molar-refractivity contribution in [3.8, 4) is 16.9 Å². The van der Waals surface area contributed by atoms with Crippen LogP contribution in [0.25, 0.3) is 27.8 Å². The van der Waals surface area contributed by atoms with Gasteiger partial charge in [0.1, 0.15) is 11.3 Å². The molecule has 2 amide bonds. The average molecular weight is 608 g/mol. The number of carbonyl (C=O) groups excluding carboxylic acids is 2. The Labute approximate surface area is 255 Å². The van der Waals surface area contributed by atoms with E-state index in [0.29, 0.717) is 62.9 Å². The van der Waals surface area contributed by atoms with Crippen molar-refractivity contribution in [2.75, 3.05) is 10.6 Å². The largest absolute Gasteiger partial charge is 0.381 e. The molecule has 0 aliphatic rings. The van der Waals surface area contributed by atoms with Gasteiger partial charge >= 0.3 is 0 Å². The lowest BCUT2D eigenvalue weighted by atomic mass is 10.1. The second kappa shape index (κ2) is 11.2. The highest BCUT2D eigenvalue weighted by Crippen LogP contribution is 2.23. The zero-order chi connectivity index (χ0) is 32.0. The van der Waals surface area contributed by atoms with Crippen LogP contribution in [0.3, 0.4) is 0 Å². The van der Waals surface area contributed by atoms with Crippen LogP contribution in [0, 0.1) is 13.8 Å². The third-order valence-corrected chi connectivity index (χ3v) is 7.27. The molecule has 6 rings (SSSR count). The molecule has 0 radical (unpaired) electrons. The van der Waals surface area contributed by atoms with Crippen LogP contribution in [0.4, 0.5) is 11.5 Å². The number of fused-ring (bicyclic) bond motifs is 1. The minimum absolute atomic E-state index is 0.0418. The number of amides is 2. The van der Waals surface area contributed by atoms with Gasteiger partial charge in [0, 0.05) is 61.6 Å². The van der Waals surface area contributed by atoms with Crippen LogP contribution in [-0.2, 0) is 20.6 Å². The van der Waals surface area contributed by atoms with Crippen LogP contribution in [0.2, 0.25) is 0 Å². The van der Waals surface area contributed by atoms with Crippen LogP contribution in [-0.4, -0.2) is 45.7 Å². The Morgan fingerprint density at radius 2 is 1.76 bits per heavy atom. The number of nitrogens with zero attached hydrogens (tertiary/aromatic N) is 7. The highest BCUT2D eigenvalue weighted by Gasteiger charge is 2.24. The number of anilines is 2. The number of nitrogens with one attached hydrogen (secondary N) is 2. The molecule has 0 aliphatic carbocycles. The number of benzene rings is 1. The summed E-state index contributed by atoms with van der Waals surface area (Å²) in [5, 5.41) is 9.98. The van der Waals surface area contributed by atoms with E-state index in [0.717, 1.165) is 4.74 Å². The van der Waals surface area contributed by atoms with Crippen molar-refractivity contribution < 1.29 is 14.1 Å². The fraction of sp³-hybridized carbons (Fsp3) is 0.194. The van der Waals surface area contributed by atoms with Crippen LogP contribution in [0.5, 0.6) is 0 Å². The molecule has 228 valence electrons. The first-order valence-electron chi connectivity index (χ1n) is 14.0. The van der Waals surface area contributed by atoms with E-state index in [1.165, 1.54) is 17.9 Å². The molecule has 0 aliphatic heterocycles. The summed E-state index contributed by atoms with van der Waals surface area (Å²) >= 11 is 0. The maximum absolute atomic E-state index is 13.8. The molecule has 14 heteroatoms. The Balaban J connectivity index is 1.35. The van der Waals surface area contributed by atoms with Crippen molar-refractivity contribution in [3.63, 3.8) is 0 Å². The summed E-state index contributed by atoms with van der Waals surface area (Å²) in [6, 6.07) is 13.1. The Morgan fingerprint density at radius 1 is 0.956 bits per heavy atom. The minimum Gasteiger partial charge on any atom is -0.381 e. The number of aromatic nitrogens is 7. The molecule has 2 N–H and O–H groups in total. The Hall–Kier alpha value is -6.05. The van der Waals surface area contributed by atoms with Crippen LogP contribution >= 0.6 is 0 Å². The van der Waals surface area contributed by atoms with E-state index in [1.807, 2.05) is 6.92 Å². The molecule has 0 bridgehead atoms. The van der Waals surface area contributed by atoms with Gasteiger partial charge < -0.3 is 15.2 Å². The van der Waals surface area contributed by atoms with Gasteiger partial charge in [-0.1, -0.05) is 6.07 Å². The topological polar surface area (TPSA) is 164 Å². The van der Waals surface area contributed by atoms with E-state index in [9.17, 15) is 19.2 Å². The summed E-state index contributed by atoms with van der Waals surface area (Å²) < 4.78 is 11.1. The Morgan fingerprint density at radius 3 is 2.40 bits per heavy atom. The lowest BCUT2D eigenvalue weighted by Gasteiger charge is -2.13. The molecule has 0 fully saturated rings.